The molecule has 0 amide bonds. The zero-order valence-electron chi connectivity index (χ0n) is 15.4. The van der Waals surface area contributed by atoms with Gasteiger partial charge in [0.2, 0.25) is 9.84 Å². The van der Waals surface area contributed by atoms with Crippen molar-refractivity contribution in [3.8, 4) is 0 Å². The molecule has 0 aliphatic rings. The largest absolute Gasteiger partial charge is 0.350 e. The molecule has 0 aliphatic carbocycles. The van der Waals surface area contributed by atoms with Gasteiger partial charge in [-0.15, -0.1) is 0 Å². The monoisotopic (exact) mass is 483 g/mol. The molecular weight excluding hydrogens is 455 g/mol. The van der Waals surface area contributed by atoms with E-state index in [1.165, 1.54) is 29.3 Å². The van der Waals surface area contributed by atoms with E-state index >= 15 is 0 Å². The number of unbranched alkanes of at least 4 members (excludes halogenated alkanes) is 5. The Bertz CT molecular complexity index is 768. The Hall–Kier alpha value is -1.14. The van der Waals surface area contributed by atoms with Gasteiger partial charge in [0, 0.05) is 0 Å². The van der Waals surface area contributed by atoms with Crippen LogP contribution < -0.4 is 21.2 Å². The minimum absolute atomic E-state index is 0.411. The molecule has 2 aromatic carbocycles. The van der Waals surface area contributed by atoms with E-state index in [1.54, 1.807) is 24.3 Å². The van der Waals surface area contributed by atoms with Crippen molar-refractivity contribution in [3.05, 3.63) is 73.2 Å². The molecule has 2 nitrogen and oxygen atoms in total. The van der Waals surface area contributed by atoms with Crippen molar-refractivity contribution < 1.29 is 29.6 Å². The molecule has 0 fully saturated rings. The lowest BCUT2D eigenvalue weighted by molar-refractivity contribution is -0.557. The smallest absolute Gasteiger partial charge is 0.219 e. The topological polar surface area (TPSA) is 34.1 Å². The van der Waals surface area contributed by atoms with E-state index in [4.69, 9.17) is 0 Å². The lowest BCUT2D eigenvalue weighted by atomic mass is 10.1. The number of hydrogen-bond donors (Lipinski definition) is 0. The van der Waals surface area contributed by atoms with Crippen LogP contribution in [0.3, 0.4) is 0 Å². The van der Waals surface area contributed by atoms with Crippen LogP contribution in [0.5, 0.6) is 0 Å². The molecule has 0 aromatic heterocycles. The van der Waals surface area contributed by atoms with Crippen molar-refractivity contribution in [1.29, 1.82) is 0 Å². The van der Waals surface area contributed by atoms with Crippen molar-refractivity contribution in [2.24, 2.45) is 0 Å². The Kier molecular flexibility index (Phi) is 9.40. The van der Waals surface area contributed by atoms with Crippen molar-refractivity contribution in [3.63, 3.8) is 0 Å². The van der Waals surface area contributed by atoms with Crippen LogP contribution in [0.15, 0.2) is 74.5 Å². The second-order valence-electron chi connectivity index (χ2n) is 6.31. The molecule has 2 rings (SSSR count). The highest BCUT2D eigenvalue weighted by Crippen LogP contribution is 2.23. The van der Waals surface area contributed by atoms with Gasteiger partial charge in [-0.1, -0.05) is 75.4 Å². The van der Waals surface area contributed by atoms with Gasteiger partial charge in [0.15, 0.2) is 7.65 Å². The minimum Gasteiger partial charge on any atom is -0.219 e. The highest BCUT2D eigenvalue weighted by Gasteiger charge is 2.24. The van der Waals surface area contributed by atoms with Gasteiger partial charge >= 0.3 is 21.2 Å². The van der Waals surface area contributed by atoms with Gasteiger partial charge < -0.3 is 0 Å². The third-order valence-corrected chi connectivity index (χ3v) is 9.04. The number of benzene rings is 2. The zero-order valence-corrected chi connectivity index (χ0v) is 18.4. The summed E-state index contributed by atoms with van der Waals surface area (Å²) in [5.41, 5.74) is 0. The maximum Gasteiger partial charge on any atom is 0.350 e. The average molecular weight is 483 g/mol. The lowest BCUT2D eigenvalue weighted by Gasteiger charge is -2.07. The molecule has 0 radical (unpaired) electrons. The highest BCUT2D eigenvalue weighted by molar-refractivity contribution is 7.95. The quantitative estimate of drug-likeness (QED) is 0.364. The SMILES string of the molecule is CCCCCCCC/C(=C\[I+]c1ccccc1)S(=O)(=O)c1ccccc1. The number of allylic oxidation sites excluding steroid dienone is 1. The first-order chi connectivity index (χ1) is 12.6. The first-order valence-corrected chi connectivity index (χ1v) is 13.1. The standard InChI is InChI=1S/C22H28IO2S/c1-2-3-4-5-6-11-18-22(19-23-20-14-9-7-10-15-20)26(24,25)21-16-12-8-13-17-21/h7-10,12-17,19H,2-6,11,18H2,1H3/q+1/b22-19+. The van der Waals surface area contributed by atoms with Crippen molar-refractivity contribution in [2.75, 3.05) is 0 Å². The molecule has 0 bridgehead atoms. The van der Waals surface area contributed by atoms with Gasteiger partial charge in [-0.3, -0.25) is 0 Å². The first-order valence-electron chi connectivity index (χ1n) is 9.32. The predicted octanol–water partition coefficient (Wildman–Crippen LogP) is 3.01. The van der Waals surface area contributed by atoms with E-state index in [2.05, 4.69) is 19.1 Å². The van der Waals surface area contributed by atoms with E-state index in [1.807, 2.05) is 28.3 Å². The summed E-state index contributed by atoms with van der Waals surface area (Å²) in [6, 6.07) is 19.0. The Labute approximate surface area is 168 Å². The molecule has 4 heteroatoms. The molecule has 0 spiro atoms. The van der Waals surface area contributed by atoms with Crippen LogP contribution in [0.1, 0.15) is 51.9 Å². The normalized spacial score (nSPS) is 12.3. The summed E-state index contributed by atoms with van der Waals surface area (Å²) < 4.78 is 29.4. The maximum atomic E-state index is 13.1. The van der Waals surface area contributed by atoms with Crippen LogP contribution in [-0.2, 0) is 9.84 Å². The third-order valence-electron chi connectivity index (χ3n) is 4.21. The van der Waals surface area contributed by atoms with Crippen LogP contribution in [-0.4, -0.2) is 8.42 Å². The molecule has 0 saturated heterocycles. The Morgan fingerprint density at radius 1 is 0.846 bits per heavy atom. The minimum atomic E-state index is -3.38. The zero-order chi connectivity index (χ0) is 18.7. The van der Waals surface area contributed by atoms with Crippen molar-refractivity contribution in [2.45, 2.75) is 56.8 Å². The number of halogens is 1. The van der Waals surface area contributed by atoms with E-state index in [0.717, 1.165) is 12.8 Å². The molecule has 26 heavy (non-hydrogen) atoms. The summed E-state index contributed by atoms with van der Waals surface area (Å²) >= 11 is -0.445. The molecule has 2 aromatic rings. The summed E-state index contributed by atoms with van der Waals surface area (Å²) in [6.07, 6.45) is 7.64. The number of sulfone groups is 1. The summed E-state index contributed by atoms with van der Waals surface area (Å²) in [5, 5.41) is 0. The highest BCUT2D eigenvalue weighted by atomic mass is 127. The van der Waals surface area contributed by atoms with E-state index in [0.29, 0.717) is 16.2 Å². The predicted molar refractivity (Wildman–Crippen MR) is 105 cm³/mol. The molecule has 140 valence electrons. The summed E-state index contributed by atoms with van der Waals surface area (Å²) in [4.78, 5) is 1.02. The van der Waals surface area contributed by atoms with Gasteiger partial charge in [-0.05, 0) is 37.1 Å². The van der Waals surface area contributed by atoms with Crippen molar-refractivity contribution >= 4 is 9.84 Å². The first kappa shape index (κ1) is 21.2. The van der Waals surface area contributed by atoms with E-state index in [9.17, 15) is 8.42 Å². The lowest BCUT2D eigenvalue weighted by Crippen LogP contribution is -3.59. The summed E-state index contributed by atoms with van der Waals surface area (Å²) in [6.45, 7) is 2.21. The number of rotatable bonds is 11. The Morgan fingerprint density at radius 3 is 2.08 bits per heavy atom. The van der Waals surface area contributed by atoms with Crippen LogP contribution in [0, 0.1) is 3.57 Å². The molecule has 0 saturated carbocycles. The van der Waals surface area contributed by atoms with Gasteiger partial charge in [-0.2, -0.15) is 0 Å². The van der Waals surface area contributed by atoms with E-state index < -0.39 is 31.0 Å². The average Bonchev–Trinajstić information content (AvgIpc) is 2.68. The van der Waals surface area contributed by atoms with Gasteiger partial charge in [0.25, 0.3) is 0 Å². The second kappa shape index (κ2) is 11.5. The van der Waals surface area contributed by atoms with Crippen LogP contribution in [0.2, 0.25) is 0 Å². The molecule has 0 N–H and O–H groups in total. The molecule has 0 atom stereocenters. The maximum absolute atomic E-state index is 13.1. The van der Waals surface area contributed by atoms with Gasteiger partial charge in [0.1, 0.15) is 0 Å². The third kappa shape index (κ3) is 6.88. The fourth-order valence-corrected chi connectivity index (χ4v) is 7.19. The van der Waals surface area contributed by atoms with Crippen LogP contribution in [0.25, 0.3) is 0 Å². The van der Waals surface area contributed by atoms with Crippen LogP contribution >= 0.6 is 0 Å². The number of hydrogen-bond acceptors (Lipinski definition) is 2. The fraction of sp³-hybridized carbons (Fsp3) is 0.364. The van der Waals surface area contributed by atoms with E-state index in [-0.39, 0.29) is 0 Å². The molecule has 0 unspecified atom stereocenters. The van der Waals surface area contributed by atoms with Crippen molar-refractivity contribution in [1.82, 2.24) is 0 Å². The fourth-order valence-electron chi connectivity index (χ4n) is 2.69. The summed E-state index contributed by atoms with van der Waals surface area (Å²) in [7, 11) is -3.38. The van der Waals surface area contributed by atoms with Crippen LogP contribution in [0.4, 0.5) is 0 Å². The second-order valence-corrected chi connectivity index (χ2v) is 10.8. The Morgan fingerprint density at radius 2 is 1.42 bits per heavy atom. The van der Waals surface area contributed by atoms with Gasteiger partial charge in [0.05, 0.1) is 9.80 Å². The molecular formula is C22H28IO2S+. The molecule has 0 aliphatic heterocycles. The Balaban J connectivity index is 2.10. The summed E-state index contributed by atoms with van der Waals surface area (Å²) in [5.74, 6) is 0. The molecule has 0 heterocycles. The van der Waals surface area contributed by atoms with Gasteiger partial charge in [-0.25, -0.2) is 8.42 Å².